The average Bonchev–Trinajstić information content (AvgIpc) is 3.19. The minimum absolute atomic E-state index is 0.000690. The molecule has 0 radical (unpaired) electrons. The van der Waals surface area contributed by atoms with Gasteiger partial charge in [0, 0.05) is 19.3 Å². The molecule has 0 spiro atoms. The summed E-state index contributed by atoms with van der Waals surface area (Å²) in [6.07, 6.45) is 18.2. The number of carbonyl (C=O) groups excluding carboxylic acids is 1. The molecule has 0 aromatic rings. The first kappa shape index (κ1) is 28.7. The molecule has 0 aromatic carbocycles. The van der Waals surface area contributed by atoms with E-state index in [9.17, 15) is 9.59 Å². The van der Waals surface area contributed by atoms with Gasteiger partial charge in [-0.1, -0.05) is 65.5 Å². The molecule has 4 rings (SSSR count). The van der Waals surface area contributed by atoms with Gasteiger partial charge in [0.1, 0.15) is 6.10 Å². The van der Waals surface area contributed by atoms with E-state index in [0.29, 0.717) is 24.7 Å². The number of allylic oxidation sites excluding steroid dienone is 1. The van der Waals surface area contributed by atoms with E-state index in [2.05, 4.69) is 40.7 Å². The largest absolute Gasteiger partial charge is 0.481 e. The Kier molecular flexibility index (Phi) is 9.17. The fraction of sp³-hybridized carbons (Fsp3) is 0.879. The number of carbonyl (C=O) groups is 2. The lowest BCUT2D eigenvalue weighted by molar-refractivity contribution is -0.152. The molecule has 37 heavy (non-hydrogen) atoms. The quantitative estimate of drug-likeness (QED) is 0.170. The Hall–Kier alpha value is -1.32. The average molecular weight is 515 g/mol. The van der Waals surface area contributed by atoms with E-state index in [1.165, 1.54) is 51.4 Å². The van der Waals surface area contributed by atoms with E-state index >= 15 is 0 Å². The highest BCUT2D eigenvalue weighted by Crippen LogP contribution is 2.67. The maximum absolute atomic E-state index is 12.4. The van der Waals surface area contributed by atoms with Gasteiger partial charge in [-0.15, -0.1) is 0 Å². The van der Waals surface area contributed by atoms with Crippen molar-refractivity contribution in [3.05, 3.63) is 11.6 Å². The normalized spacial score (nSPS) is 37.8. The van der Waals surface area contributed by atoms with Crippen molar-refractivity contribution in [2.45, 2.75) is 137 Å². The number of hydrogen-bond acceptors (Lipinski definition) is 3. The minimum atomic E-state index is -0.797. The number of aliphatic carboxylic acids is 1. The van der Waals surface area contributed by atoms with E-state index in [0.717, 1.165) is 54.8 Å². The van der Waals surface area contributed by atoms with Crippen molar-refractivity contribution in [3.8, 4) is 0 Å². The van der Waals surface area contributed by atoms with Gasteiger partial charge in [0.15, 0.2) is 0 Å². The summed E-state index contributed by atoms with van der Waals surface area (Å²) in [5.41, 5.74) is 2.35. The molecule has 3 saturated carbocycles. The number of hydrogen-bond donors (Lipinski definition) is 1. The van der Waals surface area contributed by atoms with Crippen molar-refractivity contribution < 1.29 is 19.4 Å². The zero-order valence-corrected chi connectivity index (χ0v) is 24.4. The second-order valence-electron chi connectivity index (χ2n) is 14.2. The summed E-state index contributed by atoms with van der Waals surface area (Å²) < 4.78 is 5.87. The lowest BCUT2D eigenvalue weighted by Gasteiger charge is -2.58. The van der Waals surface area contributed by atoms with Crippen molar-refractivity contribution >= 4 is 11.9 Å². The summed E-state index contributed by atoms with van der Waals surface area (Å²) in [5, 5.41) is 8.78. The third-order valence-electron chi connectivity index (χ3n) is 11.6. The monoisotopic (exact) mass is 514 g/mol. The summed E-state index contributed by atoms with van der Waals surface area (Å²) in [6, 6.07) is 0. The number of ether oxygens (including phenoxy) is 1. The van der Waals surface area contributed by atoms with Crippen LogP contribution in [-0.4, -0.2) is 23.1 Å². The number of rotatable bonds is 11. The highest BCUT2D eigenvalue weighted by atomic mass is 16.5. The highest BCUT2D eigenvalue weighted by Gasteiger charge is 2.59. The Labute approximate surface area is 226 Å². The molecular weight excluding hydrogens is 460 g/mol. The zero-order chi connectivity index (χ0) is 26.8. The molecule has 4 aliphatic rings. The molecule has 3 fully saturated rings. The molecule has 0 amide bonds. The van der Waals surface area contributed by atoms with Crippen molar-refractivity contribution in [3.63, 3.8) is 0 Å². The molecular formula is C33H54O4. The van der Waals surface area contributed by atoms with Crippen LogP contribution in [0.25, 0.3) is 0 Å². The number of carboxylic acids is 1. The minimum Gasteiger partial charge on any atom is -0.481 e. The van der Waals surface area contributed by atoms with Crippen LogP contribution < -0.4 is 0 Å². The van der Waals surface area contributed by atoms with Crippen molar-refractivity contribution in [2.75, 3.05) is 0 Å². The van der Waals surface area contributed by atoms with Crippen LogP contribution in [0.15, 0.2) is 11.6 Å². The summed E-state index contributed by atoms with van der Waals surface area (Å²) in [6.45, 7) is 12.5. The number of fused-ring (bicyclic) bond motifs is 5. The van der Waals surface area contributed by atoms with E-state index < -0.39 is 5.97 Å². The van der Waals surface area contributed by atoms with Gasteiger partial charge in [-0.3, -0.25) is 9.59 Å². The summed E-state index contributed by atoms with van der Waals surface area (Å²) in [5.74, 6) is 4.11. The van der Waals surface area contributed by atoms with Crippen LogP contribution in [0.3, 0.4) is 0 Å². The van der Waals surface area contributed by atoms with Gasteiger partial charge >= 0.3 is 11.9 Å². The van der Waals surface area contributed by atoms with Crippen molar-refractivity contribution in [2.24, 2.45) is 46.3 Å². The van der Waals surface area contributed by atoms with Crippen LogP contribution in [0, 0.1) is 46.3 Å². The predicted molar refractivity (Wildman–Crippen MR) is 149 cm³/mol. The van der Waals surface area contributed by atoms with Crippen LogP contribution in [0.2, 0.25) is 0 Å². The second kappa shape index (κ2) is 11.8. The number of esters is 1. The third-order valence-corrected chi connectivity index (χ3v) is 11.6. The summed E-state index contributed by atoms with van der Waals surface area (Å²) >= 11 is 0. The highest BCUT2D eigenvalue weighted by molar-refractivity contribution is 5.70. The molecule has 0 bridgehead atoms. The summed E-state index contributed by atoms with van der Waals surface area (Å²) in [4.78, 5) is 23.1. The van der Waals surface area contributed by atoms with Gasteiger partial charge in [0.2, 0.25) is 0 Å². The smallest absolute Gasteiger partial charge is 0.306 e. The maximum atomic E-state index is 12.4. The van der Waals surface area contributed by atoms with Crippen LogP contribution in [-0.2, 0) is 14.3 Å². The van der Waals surface area contributed by atoms with Crippen LogP contribution in [0.5, 0.6) is 0 Å². The van der Waals surface area contributed by atoms with Crippen molar-refractivity contribution in [1.82, 2.24) is 0 Å². The number of unbranched alkanes of at least 4 members (excludes halogenated alkanes) is 1. The predicted octanol–water partition coefficient (Wildman–Crippen LogP) is 8.58. The van der Waals surface area contributed by atoms with E-state index in [1.54, 1.807) is 5.57 Å². The van der Waals surface area contributed by atoms with Gasteiger partial charge in [-0.25, -0.2) is 0 Å². The first-order valence-electron chi connectivity index (χ1n) is 15.7. The summed E-state index contributed by atoms with van der Waals surface area (Å²) in [7, 11) is 0. The van der Waals surface area contributed by atoms with Gasteiger partial charge in [0.25, 0.3) is 0 Å². The standard InChI is InChI=1S/C33H54O4/c1-22(2)9-8-10-23(3)27-15-16-28-26-14-13-24-21-25(37-31(36)12-7-6-11-30(34)35)17-19-32(24,4)29(26)18-20-33(27,28)5/h13,22-23,25-29H,6-12,14-21H2,1-5H3,(H,34,35)/t23-,25+,26?,27-,28?,29?,32+,33-/m1/s1. The Balaban J connectivity index is 1.35. The second-order valence-corrected chi connectivity index (χ2v) is 14.2. The van der Waals surface area contributed by atoms with Gasteiger partial charge < -0.3 is 9.84 Å². The first-order chi connectivity index (χ1) is 17.5. The lowest BCUT2D eigenvalue weighted by atomic mass is 9.47. The molecule has 1 N–H and O–H groups in total. The van der Waals surface area contributed by atoms with Crippen LogP contribution >= 0.6 is 0 Å². The fourth-order valence-electron chi connectivity index (χ4n) is 9.54. The van der Waals surface area contributed by atoms with Crippen LogP contribution in [0.1, 0.15) is 131 Å². The third kappa shape index (κ3) is 6.14. The molecule has 4 nitrogen and oxygen atoms in total. The number of carboxylic acid groups (broad SMARTS) is 1. The van der Waals surface area contributed by atoms with Gasteiger partial charge in [-0.05, 0) is 104 Å². The molecule has 0 aliphatic heterocycles. The van der Waals surface area contributed by atoms with Crippen LogP contribution in [0.4, 0.5) is 0 Å². The topological polar surface area (TPSA) is 63.6 Å². The Morgan fingerprint density at radius 1 is 0.973 bits per heavy atom. The van der Waals surface area contributed by atoms with E-state index in [1.807, 2.05) is 0 Å². The Morgan fingerprint density at radius 3 is 2.46 bits per heavy atom. The first-order valence-corrected chi connectivity index (χ1v) is 15.7. The molecule has 210 valence electrons. The molecule has 8 atom stereocenters. The SMILES string of the molecule is CC(C)CCC[C@@H](C)[C@H]1CCC2C3CC=C4C[C@@H](OC(=O)CCCCC(=O)O)CC[C@]4(C)C3CC[C@@]21C. The lowest BCUT2D eigenvalue weighted by Crippen LogP contribution is -2.51. The van der Waals surface area contributed by atoms with E-state index in [-0.39, 0.29) is 23.9 Å². The van der Waals surface area contributed by atoms with Gasteiger partial charge in [0.05, 0.1) is 0 Å². The Morgan fingerprint density at radius 2 is 1.73 bits per heavy atom. The molecule has 0 aromatic heterocycles. The molecule has 4 aliphatic carbocycles. The molecule has 3 unspecified atom stereocenters. The van der Waals surface area contributed by atoms with Crippen molar-refractivity contribution in [1.29, 1.82) is 0 Å². The fourth-order valence-corrected chi connectivity index (χ4v) is 9.54. The maximum Gasteiger partial charge on any atom is 0.306 e. The van der Waals surface area contributed by atoms with Gasteiger partial charge in [-0.2, -0.15) is 0 Å². The zero-order valence-electron chi connectivity index (χ0n) is 24.4. The molecule has 4 heteroatoms. The molecule has 0 heterocycles. The molecule has 0 saturated heterocycles. The van der Waals surface area contributed by atoms with E-state index in [4.69, 9.17) is 9.84 Å². The Bertz CT molecular complexity index is 845.